The van der Waals surface area contributed by atoms with Gasteiger partial charge in [-0.1, -0.05) is 78.9 Å². The molecule has 0 aromatic heterocycles. The smallest absolute Gasteiger partial charge is 0.407 e. The maximum absolute atomic E-state index is 12.5. The van der Waals surface area contributed by atoms with E-state index in [0.29, 0.717) is 6.42 Å². The van der Waals surface area contributed by atoms with Crippen LogP contribution in [0.4, 0.5) is 4.79 Å². The Bertz CT molecular complexity index is 1030. The van der Waals surface area contributed by atoms with Crippen molar-refractivity contribution < 1.29 is 14.6 Å². The second kappa shape index (κ2) is 8.81. The number of nitrogens with zero attached hydrogens (tertiary/aromatic N) is 1. The van der Waals surface area contributed by atoms with Gasteiger partial charge in [0.1, 0.15) is 6.61 Å². The SMILES string of the molecule is N#CC(O)C(Cc1ccccc1)NC(=O)OCC1c2ccccc2-c2ccccc21. The van der Waals surface area contributed by atoms with Crippen LogP contribution in [0.15, 0.2) is 78.9 Å². The number of nitrogens with one attached hydrogen (secondary N) is 1. The van der Waals surface area contributed by atoms with E-state index >= 15 is 0 Å². The van der Waals surface area contributed by atoms with E-state index in [1.807, 2.05) is 54.6 Å². The Morgan fingerprint density at radius 2 is 1.53 bits per heavy atom. The third-order valence-electron chi connectivity index (χ3n) is 5.46. The Hall–Kier alpha value is -3.62. The van der Waals surface area contributed by atoms with Crippen LogP contribution in [0.2, 0.25) is 0 Å². The van der Waals surface area contributed by atoms with Gasteiger partial charge in [0.05, 0.1) is 12.1 Å². The second-order valence-corrected chi connectivity index (χ2v) is 7.34. The van der Waals surface area contributed by atoms with Crippen molar-refractivity contribution in [2.24, 2.45) is 0 Å². The van der Waals surface area contributed by atoms with Gasteiger partial charge in [-0.3, -0.25) is 0 Å². The number of aliphatic hydroxyl groups is 1. The summed E-state index contributed by atoms with van der Waals surface area (Å²) in [5.74, 6) is -0.0448. The molecule has 2 atom stereocenters. The van der Waals surface area contributed by atoms with Crippen LogP contribution in [-0.4, -0.2) is 30.0 Å². The molecule has 0 saturated carbocycles. The van der Waals surface area contributed by atoms with Gasteiger partial charge in [-0.15, -0.1) is 0 Å². The molecule has 4 rings (SSSR count). The van der Waals surface area contributed by atoms with Crippen LogP contribution in [0.5, 0.6) is 0 Å². The highest BCUT2D eigenvalue weighted by Gasteiger charge is 2.29. The lowest BCUT2D eigenvalue weighted by Crippen LogP contribution is -2.44. The Kier molecular flexibility index (Phi) is 5.78. The van der Waals surface area contributed by atoms with Gasteiger partial charge in [-0.2, -0.15) is 5.26 Å². The van der Waals surface area contributed by atoms with Crippen molar-refractivity contribution >= 4 is 6.09 Å². The molecule has 1 aliphatic rings. The number of carbonyl (C=O) groups is 1. The lowest BCUT2D eigenvalue weighted by molar-refractivity contribution is 0.122. The first-order chi connectivity index (χ1) is 14.7. The standard InChI is InChI=1S/C25H22N2O3/c26-15-24(28)23(14-17-8-2-1-3-9-17)27-25(29)30-16-22-20-12-6-4-10-18(20)19-11-5-7-13-21(19)22/h1-13,22-24,28H,14,16H2,(H,27,29). The van der Waals surface area contributed by atoms with E-state index in [2.05, 4.69) is 29.6 Å². The number of aliphatic hydroxyl groups excluding tert-OH is 1. The Labute approximate surface area is 175 Å². The predicted octanol–water partition coefficient (Wildman–Crippen LogP) is 4.02. The highest BCUT2D eigenvalue weighted by Crippen LogP contribution is 2.44. The zero-order valence-electron chi connectivity index (χ0n) is 16.4. The average molecular weight is 398 g/mol. The van der Waals surface area contributed by atoms with E-state index in [0.717, 1.165) is 27.8 Å². The van der Waals surface area contributed by atoms with Crippen LogP contribution >= 0.6 is 0 Å². The van der Waals surface area contributed by atoms with E-state index in [4.69, 9.17) is 10.00 Å². The van der Waals surface area contributed by atoms with Crippen molar-refractivity contribution in [1.82, 2.24) is 5.32 Å². The fourth-order valence-corrected chi connectivity index (χ4v) is 3.99. The molecule has 3 aromatic carbocycles. The summed E-state index contributed by atoms with van der Waals surface area (Å²) in [5, 5.41) is 21.8. The molecule has 5 nitrogen and oxygen atoms in total. The van der Waals surface area contributed by atoms with Crippen LogP contribution in [0.3, 0.4) is 0 Å². The summed E-state index contributed by atoms with van der Waals surface area (Å²) in [6.45, 7) is 0.181. The van der Waals surface area contributed by atoms with Crippen molar-refractivity contribution in [2.45, 2.75) is 24.5 Å². The molecule has 1 amide bonds. The minimum Gasteiger partial charge on any atom is -0.449 e. The highest BCUT2D eigenvalue weighted by atomic mass is 16.5. The topological polar surface area (TPSA) is 82.4 Å². The summed E-state index contributed by atoms with van der Waals surface area (Å²) in [7, 11) is 0. The fourth-order valence-electron chi connectivity index (χ4n) is 3.99. The van der Waals surface area contributed by atoms with Crippen molar-refractivity contribution in [3.8, 4) is 17.2 Å². The molecule has 150 valence electrons. The zero-order valence-corrected chi connectivity index (χ0v) is 16.4. The van der Waals surface area contributed by atoms with Gasteiger partial charge in [0.2, 0.25) is 0 Å². The predicted molar refractivity (Wildman–Crippen MR) is 114 cm³/mol. The Balaban J connectivity index is 1.44. The first-order valence-electron chi connectivity index (χ1n) is 9.90. The molecule has 2 unspecified atom stereocenters. The molecule has 0 bridgehead atoms. The monoisotopic (exact) mass is 398 g/mol. The van der Waals surface area contributed by atoms with E-state index in [1.165, 1.54) is 0 Å². The lowest BCUT2D eigenvalue weighted by Gasteiger charge is -2.21. The van der Waals surface area contributed by atoms with Crippen LogP contribution in [0.1, 0.15) is 22.6 Å². The van der Waals surface area contributed by atoms with E-state index in [1.54, 1.807) is 6.07 Å². The zero-order chi connectivity index (χ0) is 20.9. The summed E-state index contributed by atoms with van der Waals surface area (Å²) in [6, 6.07) is 26.7. The summed E-state index contributed by atoms with van der Waals surface area (Å²) in [5.41, 5.74) is 5.48. The minimum absolute atomic E-state index is 0.0448. The molecule has 1 aliphatic carbocycles. The third-order valence-corrected chi connectivity index (χ3v) is 5.46. The molecule has 0 heterocycles. The van der Waals surface area contributed by atoms with Gasteiger partial charge in [0.25, 0.3) is 0 Å². The first-order valence-corrected chi connectivity index (χ1v) is 9.90. The number of benzene rings is 3. The van der Waals surface area contributed by atoms with E-state index < -0.39 is 18.2 Å². The number of hydrogen-bond acceptors (Lipinski definition) is 4. The maximum atomic E-state index is 12.5. The van der Waals surface area contributed by atoms with E-state index in [9.17, 15) is 9.90 Å². The largest absolute Gasteiger partial charge is 0.449 e. The van der Waals surface area contributed by atoms with Gasteiger partial charge in [-0.25, -0.2) is 4.79 Å². The molecule has 0 spiro atoms. The second-order valence-electron chi connectivity index (χ2n) is 7.34. The number of carbonyl (C=O) groups excluding carboxylic acids is 1. The van der Waals surface area contributed by atoms with Gasteiger partial charge in [0.15, 0.2) is 6.10 Å². The Morgan fingerprint density at radius 3 is 2.13 bits per heavy atom. The van der Waals surface area contributed by atoms with Gasteiger partial charge < -0.3 is 15.2 Å². The summed E-state index contributed by atoms with van der Waals surface area (Å²) < 4.78 is 5.53. The Morgan fingerprint density at radius 1 is 0.967 bits per heavy atom. The maximum Gasteiger partial charge on any atom is 0.407 e. The van der Waals surface area contributed by atoms with Crippen LogP contribution in [0, 0.1) is 11.3 Å². The van der Waals surface area contributed by atoms with Crippen molar-refractivity contribution in [1.29, 1.82) is 5.26 Å². The molecule has 2 N–H and O–H groups in total. The van der Waals surface area contributed by atoms with Crippen LogP contribution < -0.4 is 5.32 Å². The van der Waals surface area contributed by atoms with Gasteiger partial charge >= 0.3 is 6.09 Å². The molecular formula is C25H22N2O3. The average Bonchev–Trinajstić information content (AvgIpc) is 3.11. The number of ether oxygens (including phenoxy) is 1. The molecule has 5 heteroatoms. The quantitative estimate of drug-likeness (QED) is 0.615. The number of alkyl carbamates (subject to hydrolysis) is 1. The number of nitriles is 1. The molecule has 0 aliphatic heterocycles. The fraction of sp³-hybridized carbons (Fsp3) is 0.200. The number of amides is 1. The molecule has 0 radical (unpaired) electrons. The van der Waals surface area contributed by atoms with Crippen molar-refractivity contribution in [3.05, 3.63) is 95.6 Å². The number of rotatable bonds is 6. The minimum atomic E-state index is -1.33. The highest BCUT2D eigenvalue weighted by molar-refractivity contribution is 5.79. The molecular weight excluding hydrogens is 376 g/mol. The van der Waals surface area contributed by atoms with Crippen molar-refractivity contribution in [3.63, 3.8) is 0 Å². The molecule has 3 aromatic rings. The van der Waals surface area contributed by atoms with Crippen LogP contribution in [-0.2, 0) is 11.2 Å². The number of hydrogen-bond donors (Lipinski definition) is 2. The number of fused-ring (bicyclic) bond motifs is 3. The normalized spacial score (nSPS) is 14.1. The summed E-state index contributed by atoms with van der Waals surface area (Å²) >= 11 is 0. The molecule has 0 saturated heterocycles. The summed E-state index contributed by atoms with van der Waals surface area (Å²) in [4.78, 5) is 12.5. The van der Waals surface area contributed by atoms with Crippen molar-refractivity contribution in [2.75, 3.05) is 6.61 Å². The van der Waals surface area contributed by atoms with E-state index in [-0.39, 0.29) is 12.5 Å². The first kappa shape index (κ1) is 19.7. The third kappa shape index (κ3) is 4.05. The summed E-state index contributed by atoms with van der Waals surface area (Å²) in [6.07, 6.45) is -1.64. The lowest BCUT2D eigenvalue weighted by atomic mass is 9.98. The molecule has 30 heavy (non-hydrogen) atoms. The van der Waals surface area contributed by atoms with Crippen LogP contribution in [0.25, 0.3) is 11.1 Å². The molecule has 0 fully saturated rings. The van der Waals surface area contributed by atoms with Gasteiger partial charge in [-0.05, 0) is 34.2 Å². The van der Waals surface area contributed by atoms with Gasteiger partial charge in [0, 0.05) is 5.92 Å².